The number of pyridine rings is 1. The van der Waals surface area contributed by atoms with E-state index in [1.807, 2.05) is 30.3 Å². The molecule has 1 aromatic heterocycles. The SMILES string of the molecule is O=C(COc1ccc(Oc2ccccc2)cc1)Nc1ccc(Cl)cn1. The average molecular weight is 355 g/mol. The largest absolute Gasteiger partial charge is 0.484 e. The Bertz CT molecular complexity index is 822. The van der Waals surface area contributed by atoms with E-state index < -0.39 is 0 Å². The number of carbonyl (C=O) groups is 1. The first kappa shape index (κ1) is 16.8. The maximum Gasteiger partial charge on any atom is 0.263 e. The number of benzene rings is 2. The van der Waals surface area contributed by atoms with Crippen LogP contribution in [0.25, 0.3) is 0 Å². The van der Waals surface area contributed by atoms with Gasteiger partial charge in [-0.05, 0) is 48.5 Å². The van der Waals surface area contributed by atoms with Gasteiger partial charge >= 0.3 is 0 Å². The second kappa shape index (κ2) is 8.17. The van der Waals surface area contributed by atoms with Crippen LogP contribution in [0.4, 0.5) is 5.82 Å². The summed E-state index contributed by atoms with van der Waals surface area (Å²) >= 11 is 5.74. The first-order valence-electron chi connectivity index (χ1n) is 7.56. The summed E-state index contributed by atoms with van der Waals surface area (Å²) in [6.07, 6.45) is 1.46. The molecule has 1 N–H and O–H groups in total. The maximum absolute atomic E-state index is 11.8. The van der Waals surface area contributed by atoms with E-state index in [0.717, 1.165) is 5.75 Å². The van der Waals surface area contributed by atoms with Gasteiger partial charge < -0.3 is 14.8 Å². The summed E-state index contributed by atoms with van der Waals surface area (Å²) < 4.78 is 11.1. The van der Waals surface area contributed by atoms with Crippen molar-refractivity contribution in [3.05, 3.63) is 77.9 Å². The molecule has 0 bridgehead atoms. The molecule has 126 valence electrons. The summed E-state index contributed by atoms with van der Waals surface area (Å²) in [4.78, 5) is 15.8. The Kier molecular flexibility index (Phi) is 5.49. The van der Waals surface area contributed by atoms with Crippen molar-refractivity contribution < 1.29 is 14.3 Å². The van der Waals surface area contributed by atoms with Crippen LogP contribution in [0, 0.1) is 0 Å². The van der Waals surface area contributed by atoms with Crippen molar-refractivity contribution in [2.45, 2.75) is 0 Å². The van der Waals surface area contributed by atoms with Crippen LogP contribution >= 0.6 is 11.6 Å². The number of aromatic nitrogens is 1. The van der Waals surface area contributed by atoms with E-state index in [9.17, 15) is 4.79 Å². The minimum Gasteiger partial charge on any atom is -0.484 e. The molecule has 3 rings (SSSR count). The van der Waals surface area contributed by atoms with E-state index in [-0.39, 0.29) is 12.5 Å². The molecule has 0 aliphatic rings. The van der Waals surface area contributed by atoms with E-state index >= 15 is 0 Å². The van der Waals surface area contributed by atoms with Crippen molar-refractivity contribution in [1.29, 1.82) is 0 Å². The molecule has 0 saturated heterocycles. The number of anilines is 1. The zero-order valence-electron chi connectivity index (χ0n) is 13.2. The molecule has 1 heterocycles. The number of ether oxygens (including phenoxy) is 2. The van der Waals surface area contributed by atoms with Crippen molar-refractivity contribution >= 4 is 23.3 Å². The minimum atomic E-state index is -0.306. The molecule has 0 atom stereocenters. The van der Waals surface area contributed by atoms with Crippen LogP contribution in [-0.4, -0.2) is 17.5 Å². The van der Waals surface area contributed by atoms with Crippen molar-refractivity contribution in [1.82, 2.24) is 4.98 Å². The van der Waals surface area contributed by atoms with Crippen molar-refractivity contribution in [2.24, 2.45) is 0 Å². The fourth-order valence-corrected chi connectivity index (χ4v) is 2.12. The highest BCUT2D eigenvalue weighted by atomic mass is 35.5. The summed E-state index contributed by atoms with van der Waals surface area (Å²) in [5, 5.41) is 3.13. The number of hydrogen-bond acceptors (Lipinski definition) is 4. The Morgan fingerprint density at radius 3 is 2.28 bits per heavy atom. The smallest absolute Gasteiger partial charge is 0.263 e. The number of rotatable bonds is 6. The summed E-state index contributed by atoms with van der Waals surface area (Å²) in [5.41, 5.74) is 0. The van der Waals surface area contributed by atoms with Crippen LogP contribution in [-0.2, 0) is 4.79 Å². The molecule has 3 aromatic rings. The zero-order chi connectivity index (χ0) is 17.5. The summed E-state index contributed by atoms with van der Waals surface area (Å²) in [6, 6.07) is 19.8. The van der Waals surface area contributed by atoms with E-state index in [2.05, 4.69) is 10.3 Å². The van der Waals surface area contributed by atoms with E-state index in [4.69, 9.17) is 21.1 Å². The van der Waals surface area contributed by atoms with Gasteiger partial charge in [-0.3, -0.25) is 4.79 Å². The van der Waals surface area contributed by atoms with Gasteiger partial charge in [0.15, 0.2) is 6.61 Å². The van der Waals surface area contributed by atoms with Crippen molar-refractivity contribution in [2.75, 3.05) is 11.9 Å². The molecular formula is C19H15ClN2O3. The molecular weight excluding hydrogens is 340 g/mol. The second-order valence-corrected chi connectivity index (χ2v) is 5.52. The molecule has 5 nitrogen and oxygen atoms in total. The maximum atomic E-state index is 11.8. The summed E-state index contributed by atoms with van der Waals surface area (Å²) in [6.45, 7) is -0.122. The first-order valence-corrected chi connectivity index (χ1v) is 7.94. The first-order chi connectivity index (χ1) is 12.2. The van der Waals surface area contributed by atoms with Crippen LogP contribution in [0.1, 0.15) is 0 Å². The Morgan fingerprint density at radius 1 is 0.920 bits per heavy atom. The summed E-state index contributed by atoms with van der Waals surface area (Å²) in [7, 11) is 0. The fourth-order valence-electron chi connectivity index (χ4n) is 2.01. The molecule has 1 amide bonds. The predicted octanol–water partition coefficient (Wildman–Crippen LogP) is 4.54. The lowest BCUT2D eigenvalue weighted by molar-refractivity contribution is -0.118. The third-order valence-corrected chi connectivity index (χ3v) is 3.39. The fraction of sp³-hybridized carbons (Fsp3) is 0.0526. The van der Waals surface area contributed by atoms with E-state index in [1.165, 1.54) is 6.20 Å². The zero-order valence-corrected chi connectivity index (χ0v) is 13.9. The molecule has 0 saturated carbocycles. The summed E-state index contributed by atoms with van der Waals surface area (Å²) in [5.74, 6) is 2.13. The molecule has 0 aliphatic heterocycles. The van der Waals surface area contributed by atoms with Crippen LogP contribution in [0.3, 0.4) is 0 Å². The topological polar surface area (TPSA) is 60.5 Å². The third kappa shape index (κ3) is 5.22. The molecule has 0 spiro atoms. The average Bonchev–Trinajstić information content (AvgIpc) is 2.64. The molecule has 0 aliphatic carbocycles. The van der Waals surface area contributed by atoms with E-state index in [0.29, 0.717) is 22.3 Å². The van der Waals surface area contributed by atoms with Gasteiger partial charge in [-0.25, -0.2) is 4.98 Å². The standard InChI is InChI=1S/C19H15ClN2O3/c20-14-6-11-18(21-12-14)22-19(23)13-24-15-7-9-17(10-8-15)25-16-4-2-1-3-5-16/h1-12H,13H2,(H,21,22,23). The van der Waals surface area contributed by atoms with E-state index in [1.54, 1.807) is 36.4 Å². The number of amides is 1. The molecule has 6 heteroatoms. The van der Waals surface area contributed by atoms with Crippen molar-refractivity contribution in [3.63, 3.8) is 0 Å². The number of nitrogens with one attached hydrogen (secondary N) is 1. The normalized spacial score (nSPS) is 10.1. The van der Waals surface area contributed by atoms with Gasteiger partial charge in [0.2, 0.25) is 0 Å². The lowest BCUT2D eigenvalue weighted by Gasteiger charge is -2.09. The lowest BCUT2D eigenvalue weighted by Crippen LogP contribution is -2.20. The van der Waals surface area contributed by atoms with Crippen LogP contribution < -0.4 is 14.8 Å². The van der Waals surface area contributed by atoms with Gasteiger partial charge in [-0.1, -0.05) is 29.8 Å². The van der Waals surface area contributed by atoms with Gasteiger partial charge in [0, 0.05) is 6.20 Å². The number of carbonyl (C=O) groups excluding carboxylic acids is 1. The van der Waals surface area contributed by atoms with Crippen LogP contribution in [0.5, 0.6) is 17.2 Å². The van der Waals surface area contributed by atoms with Crippen molar-refractivity contribution in [3.8, 4) is 17.2 Å². The van der Waals surface area contributed by atoms with Crippen LogP contribution in [0.2, 0.25) is 5.02 Å². The number of hydrogen-bond donors (Lipinski definition) is 1. The number of para-hydroxylation sites is 1. The Balaban J connectivity index is 1.49. The Morgan fingerprint density at radius 2 is 1.60 bits per heavy atom. The number of nitrogens with zero attached hydrogens (tertiary/aromatic N) is 1. The minimum absolute atomic E-state index is 0.122. The highest BCUT2D eigenvalue weighted by Gasteiger charge is 2.05. The van der Waals surface area contributed by atoms with Gasteiger partial charge in [0.25, 0.3) is 5.91 Å². The van der Waals surface area contributed by atoms with Gasteiger partial charge in [-0.15, -0.1) is 0 Å². The predicted molar refractivity (Wildman–Crippen MR) is 96.3 cm³/mol. The Hall–Kier alpha value is -3.05. The molecule has 0 fully saturated rings. The third-order valence-electron chi connectivity index (χ3n) is 3.17. The molecule has 0 radical (unpaired) electrons. The van der Waals surface area contributed by atoms with Gasteiger partial charge in [0.05, 0.1) is 5.02 Å². The highest BCUT2D eigenvalue weighted by Crippen LogP contribution is 2.23. The highest BCUT2D eigenvalue weighted by molar-refractivity contribution is 6.30. The van der Waals surface area contributed by atoms with Gasteiger partial charge in [0.1, 0.15) is 23.1 Å². The molecule has 25 heavy (non-hydrogen) atoms. The molecule has 0 unspecified atom stereocenters. The monoisotopic (exact) mass is 354 g/mol. The lowest BCUT2D eigenvalue weighted by atomic mass is 10.3. The molecule has 2 aromatic carbocycles. The second-order valence-electron chi connectivity index (χ2n) is 5.09. The Labute approximate surface area is 150 Å². The quantitative estimate of drug-likeness (QED) is 0.705. The van der Waals surface area contributed by atoms with Crippen LogP contribution in [0.15, 0.2) is 72.9 Å². The number of halogens is 1. The van der Waals surface area contributed by atoms with Gasteiger partial charge in [-0.2, -0.15) is 0 Å².